The minimum atomic E-state index is 0.350. The van der Waals surface area contributed by atoms with E-state index in [1.165, 1.54) is 12.8 Å². The van der Waals surface area contributed by atoms with Crippen LogP contribution < -0.4 is 9.64 Å². The molecule has 1 atom stereocenters. The van der Waals surface area contributed by atoms with E-state index in [-0.39, 0.29) is 0 Å². The Morgan fingerprint density at radius 3 is 3.17 bits per heavy atom. The Kier molecular flexibility index (Phi) is 3.07. The van der Waals surface area contributed by atoms with Crippen molar-refractivity contribution in [3.05, 3.63) is 12.4 Å². The summed E-state index contributed by atoms with van der Waals surface area (Å²) in [5.74, 6) is 1.53. The largest absolute Gasteiger partial charge is 0.477 e. The zero-order valence-corrected chi connectivity index (χ0v) is 10.8. The lowest BCUT2D eigenvalue weighted by Crippen LogP contribution is -2.28. The Labute approximate surface area is 107 Å². The maximum atomic E-state index is 5.54. The second-order valence-electron chi connectivity index (χ2n) is 5.12. The standard InChI is InChI=1S/C13H19N3O2/c1-2-18-12-8-14-7-11(15-12)16-5-3-13(9-16)4-6-17-10-13/h7-8H,2-6,9-10H2,1H3/t13-/m1/s1. The number of ether oxygens (including phenoxy) is 2. The molecule has 0 saturated carbocycles. The van der Waals surface area contributed by atoms with E-state index in [0.717, 1.165) is 32.1 Å². The van der Waals surface area contributed by atoms with Crippen LogP contribution in [-0.4, -0.2) is 42.9 Å². The number of nitrogens with zero attached hydrogens (tertiary/aromatic N) is 3. The van der Waals surface area contributed by atoms with Crippen LogP contribution in [0.2, 0.25) is 0 Å². The van der Waals surface area contributed by atoms with E-state index < -0.39 is 0 Å². The zero-order valence-electron chi connectivity index (χ0n) is 10.8. The fourth-order valence-electron chi connectivity index (χ4n) is 2.81. The number of anilines is 1. The summed E-state index contributed by atoms with van der Waals surface area (Å²) in [6.07, 6.45) is 5.84. The van der Waals surface area contributed by atoms with Crippen LogP contribution in [0.1, 0.15) is 19.8 Å². The van der Waals surface area contributed by atoms with Gasteiger partial charge in [0.1, 0.15) is 0 Å². The van der Waals surface area contributed by atoms with Gasteiger partial charge in [0, 0.05) is 25.1 Å². The summed E-state index contributed by atoms with van der Waals surface area (Å²) in [4.78, 5) is 11.0. The van der Waals surface area contributed by atoms with Gasteiger partial charge < -0.3 is 14.4 Å². The van der Waals surface area contributed by atoms with Gasteiger partial charge in [-0.15, -0.1) is 0 Å². The van der Waals surface area contributed by atoms with Gasteiger partial charge in [-0.05, 0) is 19.8 Å². The van der Waals surface area contributed by atoms with E-state index in [1.54, 1.807) is 6.20 Å². The summed E-state index contributed by atoms with van der Waals surface area (Å²) in [5.41, 5.74) is 0.350. The fourth-order valence-corrected chi connectivity index (χ4v) is 2.81. The lowest BCUT2D eigenvalue weighted by molar-refractivity contribution is 0.160. The van der Waals surface area contributed by atoms with Crippen molar-refractivity contribution >= 4 is 5.82 Å². The Hall–Kier alpha value is -1.36. The molecule has 0 bridgehead atoms. The minimum absolute atomic E-state index is 0.350. The molecular weight excluding hydrogens is 230 g/mol. The first-order chi connectivity index (χ1) is 8.81. The van der Waals surface area contributed by atoms with Gasteiger partial charge in [-0.1, -0.05) is 0 Å². The topological polar surface area (TPSA) is 47.5 Å². The van der Waals surface area contributed by atoms with Gasteiger partial charge in [-0.2, -0.15) is 4.98 Å². The van der Waals surface area contributed by atoms with E-state index in [2.05, 4.69) is 14.9 Å². The van der Waals surface area contributed by atoms with Gasteiger partial charge in [-0.25, -0.2) is 0 Å². The van der Waals surface area contributed by atoms with Crippen molar-refractivity contribution < 1.29 is 9.47 Å². The van der Waals surface area contributed by atoms with E-state index >= 15 is 0 Å². The highest BCUT2D eigenvalue weighted by Gasteiger charge is 2.41. The van der Waals surface area contributed by atoms with Gasteiger partial charge in [-0.3, -0.25) is 4.98 Å². The smallest absolute Gasteiger partial charge is 0.234 e. The van der Waals surface area contributed by atoms with Crippen molar-refractivity contribution in [1.82, 2.24) is 9.97 Å². The number of hydrogen-bond donors (Lipinski definition) is 0. The molecule has 5 heteroatoms. The van der Waals surface area contributed by atoms with Crippen LogP contribution in [-0.2, 0) is 4.74 Å². The quantitative estimate of drug-likeness (QED) is 0.812. The van der Waals surface area contributed by atoms with Crippen LogP contribution in [0.15, 0.2) is 12.4 Å². The second-order valence-corrected chi connectivity index (χ2v) is 5.12. The molecule has 18 heavy (non-hydrogen) atoms. The molecule has 3 rings (SSSR count). The van der Waals surface area contributed by atoms with Gasteiger partial charge in [0.2, 0.25) is 5.88 Å². The van der Waals surface area contributed by atoms with Gasteiger partial charge >= 0.3 is 0 Å². The summed E-state index contributed by atoms with van der Waals surface area (Å²) < 4.78 is 10.9. The molecule has 0 N–H and O–H groups in total. The molecular formula is C13H19N3O2. The van der Waals surface area contributed by atoms with Gasteiger partial charge in [0.15, 0.2) is 5.82 Å². The third-order valence-electron chi connectivity index (χ3n) is 3.84. The van der Waals surface area contributed by atoms with Gasteiger partial charge in [0.05, 0.1) is 25.6 Å². The number of aromatic nitrogens is 2. The normalized spacial score (nSPS) is 27.1. The van der Waals surface area contributed by atoms with E-state index in [9.17, 15) is 0 Å². The van der Waals surface area contributed by atoms with Crippen molar-refractivity contribution in [2.24, 2.45) is 5.41 Å². The first kappa shape index (κ1) is 11.7. The average Bonchev–Trinajstić information content (AvgIpc) is 3.01. The molecule has 0 amide bonds. The maximum absolute atomic E-state index is 5.54. The minimum Gasteiger partial charge on any atom is -0.477 e. The van der Waals surface area contributed by atoms with Crippen molar-refractivity contribution in [3.8, 4) is 5.88 Å². The van der Waals surface area contributed by atoms with E-state index in [1.807, 2.05) is 13.1 Å². The maximum Gasteiger partial charge on any atom is 0.234 e. The Balaban J connectivity index is 1.73. The molecule has 0 unspecified atom stereocenters. The lowest BCUT2D eigenvalue weighted by Gasteiger charge is -2.22. The van der Waals surface area contributed by atoms with Crippen molar-refractivity contribution in [2.75, 3.05) is 37.8 Å². The summed E-state index contributed by atoms with van der Waals surface area (Å²) in [6, 6.07) is 0. The van der Waals surface area contributed by atoms with Crippen LogP contribution in [0.25, 0.3) is 0 Å². The fraction of sp³-hybridized carbons (Fsp3) is 0.692. The first-order valence-electron chi connectivity index (χ1n) is 6.59. The van der Waals surface area contributed by atoms with Crippen LogP contribution >= 0.6 is 0 Å². The molecule has 0 radical (unpaired) electrons. The highest BCUT2D eigenvalue weighted by Crippen LogP contribution is 2.39. The van der Waals surface area contributed by atoms with Crippen molar-refractivity contribution in [2.45, 2.75) is 19.8 Å². The highest BCUT2D eigenvalue weighted by molar-refractivity contribution is 5.39. The number of hydrogen-bond acceptors (Lipinski definition) is 5. The molecule has 0 aliphatic carbocycles. The number of rotatable bonds is 3. The predicted molar refractivity (Wildman–Crippen MR) is 67.9 cm³/mol. The Bertz CT molecular complexity index is 418. The Morgan fingerprint density at radius 1 is 1.44 bits per heavy atom. The van der Waals surface area contributed by atoms with Crippen molar-refractivity contribution in [1.29, 1.82) is 0 Å². The van der Waals surface area contributed by atoms with E-state index in [4.69, 9.17) is 9.47 Å². The van der Waals surface area contributed by atoms with Gasteiger partial charge in [0.25, 0.3) is 0 Å². The summed E-state index contributed by atoms with van der Waals surface area (Å²) >= 11 is 0. The van der Waals surface area contributed by atoms with Crippen LogP contribution in [0, 0.1) is 5.41 Å². The Morgan fingerprint density at radius 2 is 2.39 bits per heavy atom. The third-order valence-corrected chi connectivity index (χ3v) is 3.84. The summed E-state index contributed by atoms with van der Waals surface area (Å²) in [7, 11) is 0. The molecule has 0 aromatic carbocycles. The van der Waals surface area contributed by atoms with Crippen LogP contribution in [0.3, 0.4) is 0 Å². The average molecular weight is 249 g/mol. The molecule has 5 nitrogen and oxygen atoms in total. The summed E-state index contributed by atoms with van der Waals surface area (Å²) in [6.45, 7) is 6.43. The molecule has 2 aliphatic rings. The molecule has 1 aromatic heterocycles. The molecule has 98 valence electrons. The van der Waals surface area contributed by atoms with Crippen LogP contribution in [0.5, 0.6) is 5.88 Å². The lowest BCUT2D eigenvalue weighted by atomic mass is 9.87. The molecule has 2 fully saturated rings. The zero-order chi connectivity index (χ0) is 12.4. The predicted octanol–water partition coefficient (Wildman–Crippen LogP) is 1.49. The van der Waals surface area contributed by atoms with Crippen molar-refractivity contribution in [3.63, 3.8) is 0 Å². The molecule has 1 spiro atoms. The molecule has 3 heterocycles. The molecule has 2 aliphatic heterocycles. The highest BCUT2D eigenvalue weighted by atomic mass is 16.5. The molecule has 1 aromatic rings. The van der Waals surface area contributed by atoms with Crippen LogP contribution in [0.4, 0.5) is 5.82 Å². The first-order valence-corrected chi connectivity index (χ1v) is 6.59. The summed E-state index contributed by atoms with van der Waals surface area (Å²) in [5, 5.41) is 0. The second kappa shape index (κ2) is 4.72. The van der Waals surface area contributed by atoms with E-state index in [0.29, 0.717) is 17.9 Å². The molecule has 2 saturated heterocycles. The monoisotopic (exact) mass is 249 g/mol. The SMILES string of the molecule is CCOc1cncc(N2CC[C@@]3(CCOC3)C2)n1. The third kappa shape index (κ3) is 2.14.